The molecule has 2 N–H and O–H groups in total. The van der Waals surface area contributed by atoms with Gasteiger partial charge in [-0.1, -0.05) is 24.6 Å². The molecule has 1 fully saturated rings. The first-order valence-electron chi connectivity index (χ1n) is 9.49. The molecule has 0 spiro atoms. The zero-order chi connectivity index (χ0) is 19.2. The van der Waals surface area contributed by atoms with Gasteiger partial charge < -0.3 is 10.4 Å². The van der Waals surface area contributed by atoms with Crippen LogP contribution in [0.15, 0.2) is 29.6 Å². The standard InChI is InChI=1S/C20H28N4O2S/c1-3-24(13-19(25)26)18-8-10-23(11-9-18)12-17-14-27-20(22-17)21-16-6-4-15(2)5-7-16/h4-7,14,18H,3,8-13H2,1-2H3,(H,21,22)(H,25,26). The van der Waals surface area contributed by atoms with Gasteiger partial charge in [-0.25, -0.2) is 4.98 Å². The Hall–Kier alpha value is -1.96. The number of aryl methyl sites for hydroxylation is 1. The number of thiazole rings is 1. The number of piperidine rings is 1. The Morgan fingerprint density at radius 3 is 2.67 bits per heavy atom. The van der Waals surface area contributed by atoms with Crippen molar-refractivity contribution in [1.29, 1.82) is 0 Å². The van der Waals surface area contributed by atoms with Crippen LogP contribution in [-0.4, -0.2) is 58.1 Å². The fourth-order valence-corrected chi connectivity index (χ4v) is 4.26. The highest BCUT2D eigenvalue weighted by atomic mass is 32.1. The van der Waals surface area contributed by atoms with Crippen molar-refractivity contribution in [3.8, 4) is 0 Å². The molecule has 1 aromatic carbocycles. The molecule has 6 nitrogen and oxygen atoms in total. The van der Waals surface area contributed by atoms with Gasteiger partial charge in [0.25, 0.3) is 0 Å². The van der Waals surface area contributed by atoms with Gasteiger partial charge in [-0.15, -0.1) is 11.3 Å². The van der Waals surface area contributed by atoms with Gasteiger partial charge in [0, 0.05) is 36.7 Å². The number of hydrogen-bond donors (Lipinski definition) is 2. The number of rotatable bonds is 8. The summed E-state index contributed by atoms with van der Waals surface area (Å²) in [4.78, 5) is 20.2. The second kappa shape index (κ2) is 9.30. The molecular weight excluding hydrogens is 360 g/mol. The lowest BCUT2D eigenvalue weighted by Gasteiger charge is -2.37. The zero-order valence-electron chi connectivity index (χ0n) is 16.0. The third kappa shape index (κ3) is 5.76. The van der Waals surface area contributed by atoms with Crippen molar-refractivity contribution in [3.05, 3.63) is 40.9 Å². The normalized spacial score (nSPS) is 16.0. The van der Waals surface area contributed by atoms with Gasteiger partial charge in [-0.2, -0.15) is 0 Å². The number of likely N-dealkylation sites (tertiary alicyclic amines) is 1. The van der Waals surface area contributed by atoms with E-state index in [-0.39, 0.29) is 6.54 Å². The van der Waals surface area contributed by atoms with Crippen molar-refractivity contribution < 1.29 is 9.90 Å². The maximum Gasteiger partial charge on any atom is 0.317 e. The molecule has 0 atom stereocenters. The Bertz CT molecular complexity index is 739. The number of anilines is 2. The molecule has 0 bridgehead atoms. The highest BCUT2D eigenvalue weighted by molar-refractivity contribution is 7.13. The maximum atomic E-state index is 11.0. The van der Waals surface area contributed by atoms with E-state index in [0.717, 1.165) is 55.5 Å². The first-order valence-corrected chi connectivity index (χ1v) is 10.4. The highest BCUT2D eigenvalue weighted by Gasteiger charge is 2.25. The molecule has 1 aromatic heterocycles. The van der Waals surface area contributed by atoms with Crippen LogP contribution >= 0.6 is 11.3 Å². The minimum absolute atomic E-state index is 0.140. The van der Waals surface area contributed by atoms with Crippen LogP contribution < -0.4 is 5.32 Å². The van der Waals surface area contributed by atoms with E-state index >= 15 is 0 Å². The number of aliphatic carboxylic acids is 1. The SMILES string of the molecule is CCN(CC(=O)O)C1CCN(Cc2csc(Nc3ccc(C)cc3)n2)CC1. The summed E-state index contributed by atoms with van der Waals surface area (Å²) in [5, 5.41) is 15.4. The number of carboxylic acid groups (broad SMARTS) is 1. The number of carboxylic acids is 1. The molecule has 0 saturated carbocycles. The summed E-state index contributed by atoms with van der Waals surface area (Å²) in [6.45, 7) is 7.86. The Kier molecular flexibility index (Phi) is 6.82. The topological polar surface area (TPSA) is 68.7 Å². The van der Waals surface area contributed by atoms with Crippen molar-refractivity contribution in [2.75, 3.05) is 31.5 Å². The van der Waals surface area contributed by atoms with E-state index < -0.39 is 5.97 Å². The van der Waals surface area contributed by atoms with Gasteiger partial charge in [0.1, 0.15) is 0 Å². The van der Waals surface area contributed by atoms with Gasteiger partial charge in [0.15, 0.2) is 5.13 Å². The molecule has 7 heteroatoms. The number of carbonyl (C=O) groups is 1. The number of aromatic nitrogens is 1. The Morgan fingerprint density at radius 1 is 1.33 bits per heavy atom. The summed E-state index contributed by atoms with van der Waals surface area (Å²) in [6.07, 6.45) is 2.03. The highest BCUT2D eigenvalue weighted by Crippen LogP contribution is 2.23. The summed E-state index contributed by atoms with van der Waals surface area (Å²) in [7, 11) is 0. The lowest BCUT2D eigenvalue weighted by molar-refractivity contribution is -0.139. The monoisotopic (exact) mass is 388 g/mol. The Balaban J connectivity index is 1.48. The van der Waals surface area contributed by atoms with Crippen molar-refractivity contribution in [2.45, 2.75) is 39.3 Å². The summed E-state index contributed by atoms with van der Waals surface area (Å²) in [6, 6.07) is 8.68. The van der Waals surface area contributed by atoms with Crippen LogP contribution in [-0.2, 0) is 11.3 Å². The van der Waals surface area contributed by atoms with Crippen LogP contribution in [0.3, 0.4) is 0 Å². The minimum Gasteiger partial charge on any atom is -0.480 e. The summed E-state index contributed by atoms with van der Waals surface area (Å²) < 4.78 is 0. The molecule has 1 saturated heterocycles. The number of nitrogens with one attached hydrogen (secondary N) is 1. The van der Waals surface area contributed by atoms with Crippen molar-refractivity contribution in [1.82, 2.24) is 14.8 Å². The third-order valence-corrected chi connectivity index (χ3v) is 5.86. The minimum atomic E-state index is -0.740. The van der Waals surface area contributed by atoms with E-state index in [4.69, 9.17) is 10.1 Å². The molecule has 0 unspecified atom stereocenters. The quantitative estimate of drug-likeness (QED) is 0.721. The van der Waals surface area contributed by atoms with Gasteiger partial charge in [-0.3, -0.25) is 14.6 Å². The second-order valence-corrected chi connectivity index (χ2v) is 7.96. The lowest BCUT2D eigenvalue weighted by atomic mass is 10.0. The van der Waals surface area contributed by atoms with Crippen molar-refractivity contribution in [2.24, 2.45) is 0 Å². The summed E-state index contributed by atoms with van der Waals surface area (Å²) in [5.41, 5.74) is 3.39. The molecule has 2 heterocycles. The number of nitrogens with zero attached hydrogens (tertiary/aromatic N) is 3. The molecule has 1 aliphatic heterocycles. The molecule has 0 aliphatic carbocycles. The van der Waals surface area contributed by atoms with Crippen LogP contribution in [0, 0.1) is 6.92 Å². The molecular formula is C20H28N4O2S. The molecule has 0 radical (unpaired) electrons. The molecule has 3 rings (SSSR count). The van der Waals surface area contributed by atoms with E-state index in [9.17, 15) is 4.79 Å². The fraction of sp³-hybridized carbons (Fsp3) is 0.500. The van der Waals surface area contributed by atoms with Crippen LogP contribution in [0.5, 0.6) is 0 Å². The van der Waals surface area contributed by atoms with Crippen molar-refractivity contribution in [3.63, 3.8) is 0 Å². The van der Waals surface area contributed by atoms with Gasteiger partial charge in [0.2, 0.25) is 0 Å². The molecule has 0 amide bonds. The first-order chi connectivity index (χ1) is 13.0. The van der Waals surface area contributed by atoms with Gasteiger partial charge in [0.05, 0.1) is 12.2 Å². The molecule has 2 aromatic rings. The average molecular weight is 389 g/mol. The maximum absolute atomic E-state index is 11.0. The van der Waals surface area contributed by atoms with Gasteiger partial charge >= 0.3 is 5.97 Å². The predicted octanol–water partition coefficient (Wildman–Crippen LogP) is 3.57. The van der Waals surface area contributed by atoms with E-state index in [0.29, 0.717) is 6.04 Å². The van der Waals surface area contributed by atoms with E-state index in [1.165, 1.54) is 5.56 Å². The Morgan fingerprint density at radius 2 is 2.04 bits per heavy atom. The largest absolute Gasteiger partial charge is 0.480 e. The molecule has 1 aliphatic rings. The third-order valence-electron chi connectivity index (χ3n) is 5.06. The average Bonchev–Trinajstić information content (AvgIpc) is 3.09. The number of benzene rings is 1. The summed E-state index contributed by atoms with van der Waals surface area (Å²) >= 11 is 1.63. The van der Waals surface area contributed by atoms with Gasteiger partial charge in [-0.05, 0) is 38.4 Å². The smallest absolute Gasteiger partial charge is 0.317 e. The first kappa shape index (κ1) is 19.8. The van der Waals surface area contributed by atoms with E-state index in [1.54, 1.807) is 11.3 Å². The van der Waals surface area contributed by atoms with Crippen LogP contribution in [0.2, 0.25) is 0 Å². The van der Waals surface area contributed by atoms with E-state index in [2.05, 4.69) is 51.7 Å². The number of likely N-dealkylation sites (N-methyl/N-ethyl adjacent to an activating group) is 1. The second-order valence-electron chi connectivity index (χ2n) is 7.10. The molecule has 146 valence electrons. The Labute approximate surface area is 164 Å². The predicted molar refractivity (Wildman–Crippen MR) is 110 cm³/mol. The van der Waals surface area contributed by atoms with Crippen LogP contribution in [0.25, 0.3) is 0 Å². The number of hydrogen-bond acceptors (Lipinski definition) is 6. The molecule has 27 heavy (non-hydrogen) atoms. The zero-order valence-corrected chi connectivity index (χ0v) is 16.8. The van der Waals surface area contributed by atoms with Crippen LogP contribution in [0.4, 0.5) is 10.8 Å². The summed E-state index contributed by atoms with van der Waals surface area (Å²) in [5.74, 6) is -0.740. The van der Waals surface area contributed by atoms with Crippen molar-refractivity contribution >= 4 is 28.1 Å². The van der Waals surface area contributed by atoms with Crippen LogP contribution in [0.1, 0.15) is 31.0 Å². The van der Waals surface area contributed by atoms with E-state index in [1.807, 2.05) is 6.92 Å². The lowest BCUT2D eigenvalue weighted by Crippen LogP contribution is -2.46. The fourth-order valence-electron chi connectivity index (χ4n) is 3.54.